The Hall–Kier alpha value is -0.530. The first-order valence-corrected chi connectivity index (χ1v) is 4.99. The van der Waals surface area contributed by atoms with Gasteiger partial charge in [-0.15, -0.1) is 0 Å². The van der Waals surface area contributed by atoms with Crippen LogP contribution in [-0.4, -0.2) is 23.9 Å². The molecule has 1 atom stereocenters. The van der Waals surface area contributed by atoms with E-state index in [1.165, 1.54) is 25.7 Å². The van der Waals surface area contributed by atoms with E-state index in [1.54, 1.807) is 6.92 Å². The Bertz CT molecular complexity index is 156. The van der Waals surface area contributed by atoms with Crippen LogP contribution in [0, 0.1) is 5.92 Å². The van der Waals surface area contributed by atoms with Gasteiger partial charge in [-0.1, -0.05) is 13.3 Å². The van der Waals surface area contributed by atoms with Crippen LogP contribution in [0.25, 0.3) is 0 Å². The lowest BCUT2D eigenvalue weighted by Gasteiger charge is -2.17. The second kappa shape index (κ2) is 4.48. The van der Waals surface area contributed by atoms with E-state index >= 15 is 0 Å². The Balaban J connectivity index is 2.39. The molecular formula is C10H19NO. The molecule has 1 saturated heterocycles. The van der Waals surface area contributed by atoms with Crippen molar-refractivity contribution in [3.63, 3.8) is 0 Å². The quantitative estimate of drug-likeness (QED) is 0.588. The molecule has 1 heterocycles. The molecule has 0 spiro atoms. The fraction of sp³-hybridized carbons (Fsp3) is 0.900. The largest absolute Gasteiger partial charge is 0.343 e. The number of rotatable bonds is 1. The minimum absolute atomic E-state index is 0.242. The fourth-order valence-electron chi connectivity index (χ4n) is 1.89. The van der Waals surface area contributed by atoms with Gasteiger partial charge in [0.25, 0.3) is 0 Å². The van der Waals surface area contributed by atoms with Gasteiger partial charge in [0.1, 0.15) is 0 Å². The number of amides is 1. The molecule has 1 aliphatic rings. The number of hydrogen-bond acceptors (Lipinski definition) is 1. The van der Waals surface area contributed by atoms with Crippen LogP contribution < -0.4 is 0 Å². The lowest BCUT2D eigenvalue weighted by molar-refractivity contribution is -0.128. The van der Waals surface area contributed by atoms with Crippen LogP contribution >= 0.6 is 0 Å². The zero-order chi connectivity index (χ0) is 8.97. The molecule has 12 heavy (non-hydrogen) atoms. The second-order valence-corrected chi connectivity index (χ2v) is 3.71. The molecule has 0 unspecified atom stereocenters. The molecule has 0 bridgehead atoms. The highest BCUT2D eigenvalue weighted by Gasteiger charge is 2.16. The van der Waals surface area contributed by atoms with Gasteiger partial charge in [0.15, 0.2) is 0 Å². The SMILES string of the molecule is CC[C@@H]1CCCN(C(C)=O)CC1. The van der Waals surface area contributed by atoms with Crippen LogP contribution in [0.3, 0.4) is 0 Å². The molecule has 0 N–H and O–H groups in total. The van der Waals surface area contributed by atoms with Crippen molar-refractivity contribution < 1.29 is 4.79 Å². The van der Waals surface area contributed by atoms with Gasteiger partial charge in [-0.25, -0.2) is 0 Å². The van der Waals surface area contributed by atoms with Gasteiger partial charge in [0.05, 0.1) is 0 Å². The van der Waals surface area contributed by atoms with Gasteiger partial charge < -0.3 is 4.90 Å². The molecule has 70 valence electrons. The Morgan fingerprint density at radius 3 is 2.75 bits per heavy atom. The molecule has 1 amide bonds. The zero-order valence-corrected chi connectivity index (χ0v) is 8.18. The van der Waals surface area contributed by atoms with Crippen molar-refractivity contribution in [1.82, 2.24) is 4.90 Å². The monoisotopic (exact) mass is 169 g/mol. The van der Waals surface area contributed by atoms with Crippen LogP contribution in [0.15, 0.2) is 0 Å². The van der Waals surface area contributed by atoms with Crippen molar-refractivity contribution in [2.24, 2.45) is 5.92 Å². The molecule has 1 aliphatic heterocycles. The van der Waals surface area contributed by atoms with Gasteiger partial charge in [-0.05, 0) is 25.2 Å². The van der Waals surface area contributed by atoms with Crippen molar-refractivity contribution in [2.45, 2.75) is 39.5 Å². The third-order valence-electron chi connectivity index (χ3n) is 2.87. The van der Waals surface area contributed by atoms with E-state index < -0.39 is 0 Å². The van der Waals surface area contributed by atoms with Crippen LogP contribution in [0.2, 0.25) is 0 Å². The van der Waals surface area contributed by atoms with Gasteiger partial charge >= 0.3 is 0 Å². The summed E-state index contributed by atoms with van der Waals surface area (Å²) in [5.74, 6) is 1.10. The molecule has 2 heteroatoms. The summed E-state index contributed by atoms with van der Waals surface area (Å²) in [5, 5.41) is 0. The van der Waals surface area contributed by atoms with E-state index in [1.807, 2.05) is 4.90 Å². The van der Waals surface area contributed by atoms with E-state index in [4.69, 9.17) is 0 Å². The van der Waals surface area contributed by atoms with E-state index in [0.29, 0.717) is 0 Å². The third kappa shape index (κ3) is 2.50. The summed E-state index contributed by atoms with van der Waals surface area (Å²) in [6.07, 6.45) is 4.97. The van der Waals surface area contributed by atoms with E-state index in [9.17, 15) is 4.79 Å². The minimum atomic E-state index is 0.242. The number of hydrogen-bond donors (Lipinski definition) is 0. The lowest BCUT2D eigenvalue weighted by atomic mass is 9.98. The smallest absolute Gasteiger partial charge is 0.219 e. The number of carbonyl (C=O) groups excluding carboxylic acids is 1. The topological polar surface area (TPSA) is 20.3 Å². The molecule has 1 rings (SSSR count). The number of likely N-dealkylation sites (tertiary alicyclic amines) is 1. The normalized spacial score (nSPS) is 25.2. The summed E-state index contributed by atoms with van der Waals surface area (Å²) in [4.78, 5) is 13.1. The van der Waals surface area contributed by atoms with E-state index in [-0.39, 0.29) is 5.91 Å². The van der Waals surface area contributed by atoms with Crippen LogP contribution in [0.4, 0.5) is 0 Å². The second-order valence-electron chi connectivity index (χ2n) is 3.71. The molecule has 0 aliphatic carbocycles. The van der Waals surface area contributed by atoms with Crippen LogP contribution in [0.5, 0.6) is 0 Å². The number of carbonyl (C=O) groups is 1. The first-order chi connectivity index (χ1) is 5.74. The summed E-state index contributed by atoms with van der Waals surface area (Å²) in [5.41, 5.74) is 0. The summed E-state index contributed by atoms with van der Waals surface area (Å²) in [7, 11) is 0. The zero-order valence-electron chi connectivity index (χ0n) is 8.18. The highest BCUT2D eigenvalue weighted by Crippen LogP contribution is 2.19. The molecule has 1 fully saturated rings. The lowest BCUT2D eigenvalue weighted by Crippen LogP contribution is -2.29. The first-order valence-electron chi connectivity index (χ1n) is 4.99. The average Bonchev–Trinajstić information content (AvgIpc) is 2.28. The standard InChI is InChI=1S/C10H19NO/c1-3-10-5-4-7-11(8-6-10)9(2)12/h10H,3-8H2,1-2H3/t10-/m1/s1. The highest BCUT2D eigenvalue weighted by molar-refractivity contribution is 5.73. The predicted molar refractivity (Wildman–Crippen MR) is 49.9 cm³/mol. The number of nitrogens with zero attached hydrogens (tertiary/aromatic N) is 1. The Morgan fingerprint density at radius 2 is 2.17 bits per heavy atom. The van der Waals surface area contributed by atoms with Crippen molar-refractivity contribution in [3.8, 4) is 0 Å². The van der Waals surface area contributed by atoms with Gasteiger partial charge in [0, 0.05) is 20.0 Å². The van der Waals surface area contributed by atoms with E-state index in [2.05, 4.69) is 6.92 Å². The summed E-state index contributed by atoms with van der Waals surface area (Å²) in [6, 6.07) is 0. The molecule has 0 aromatic carbocycles. The molecular weight excluding hydrogens is 150 g/mol. The highest BCUT2D eigenvalue weighted by atomic mass is 16.2. The van der Waals surface area contributed by atoms with Crippen molar-refractivity contribution in [3.05, 3.63) is 0 Å². The maximum Gasteiger partial charge on any atom is 0.219 e. The Morgan fingerprint density at radius 1 is 1.42 bits per heavy atom. The average molecular weight is 169 g/mol. The van der Waals surface area contributed by atoms with Gasteiger partial charge in [-0.3, -0.25) is 4.79 Å². The molecule has 0 radical (unpaired) electrons. The van der Waals surface area contributed by atoms with Crippen LogP contribution in [-0.2, 0) is 4.79 Å². The van der Waals surface area contributed by atoms with Crippen molar-refractivity contribution in [1.29, 1.82) is 0 Å². The maximum absolute atomic E-state index is 11.1. The molecule has 0 saturated carbocycles. The van der Waals surface area contributed by atoms with Crippen molar-refractivity contribution >= 4 is 5.91 Å². The van der Waals surface area contributed by atoms with Crippen molar-refractivity contribution in [2.75, 3.05) is 13.1 Å². The van der Waals surface area contributed by atoms with Gasteiger partial charge in [0.2, 0.25) is 5.91 Å². The summed E-state index contributed by atoms with van der Waals surface area (Å²) < 4.78 is 0. The summed E-state index contributed by atoms with van der Waals surface area (Å²) in [6.45, 7) is 5.88. The Kier molecular flexibility index (Phi) is 3.57. The minimum Gasteiger partial charge on any atom is -0.343 e. The third-order valence-corrected chi connectivity index (χ3v) is 2.87. The maximum atomic E-state index is 11.1. The fourth-order valence-corrected chi connectivity index (χ4v) is 1.89. The van der Waals surface area contributed by atoms with E-state index in [0.717, 1.165) is 19.0 Å². The molecule has 0 aromatic rings. The first kappa shape index (κ1) is 9.56. The Labute approximate surface area is 74.9 Å². The summed E-state index contributed by atoms with van der Waals surface area (Å²) >= 11 is 0. The van der Waals surface area contributed by atoms with Crippen LogP contribution in [0.1, 0.15) is 39.5 Å². The predicted octanol–water partition coefficient (Wildman–Crippen LogP) is 2.04. The molecule has 0 aromatic heterocycles. The molecule has 2 nitrogen and oxygen atoms in total. The van der Waals surface area contributed by atoms with Gasteiger partial charge in [-0.2, -0.15) is 0 Å².